The summed E-state index contributed by atoms with van der Waals surface area (Å²) in [6.07, 6.45) is 2.41. The van der Waals surface area contributed by atoms with E-state index in [4.69, 9.17) is 19.7 Å². The van der Waals surface area contributed by atoms with Crippen molar-refractivity contribution < 1.29 is 24.2 Å². The molecule has 1 fully saturated rings. The van der Waals surface area contributed by atoms with E-state index in [0.29, 0.717) is 13.2 Å². The van der Waals surface area contributed by atoms with Crippen LogP contribution in [0.1, 0.15) is 26.7 Å². The van der Waals surface area contributed by atoms with E-state index in [0.717, 1.165) is 17.6 Å². The maximum absolute atomic E-state index is 8.83. The van der Waals surface area contributed by atoms with Crippen molar-refractivity contribution in [1.82, 2.24) is 0 Å². The molecule has 5 heteroatoms. The van der Waals surface area contributed by atoms with Gasteiger partial charge in [0.1, 0.15) is 0 Å². The van der Waals surface area contributed by atoms with Gasteiger partial charge in [0.2, 0.25) is 0 Å². The average molecular weight is 248 g/mol. The number of hydrogen-bond acceptors (Lipinski definition) is 4. The molecule has 1 aliphatic rings. The van der Waals surface area contributed by atoms with Crippen LogP contribution in [0.15, 0.2) is 0 Å². The molecule has 1 heterocycles. The second-order valence-electron chi connectivity index (χ2n) is 4.64. The second kappa shape index (κ2) is 7.28. The number of aliphatic hydroxyl groups is 2. The lowest BCUT2D eigenvalue weighted by Crippen LogP contribution is -2.59. The van der Waals surface area contributed by atoms with Gasteiger partial charge in [0.25, 0.3) is 0 Å². The topological polar surface area (TPSA) is 58.9 Å². The summed E-state index contributed by atoms with van der Waals surface area (Å²) < 4.78 is 12.1. The Labute approximate surface area is 104 Å². The Kier molecular flexibility index (Phi) is 6.37. The summed E-state index contributed by atoms with van der Waals surface area (Å²) in [4.78, 5) is 0. The van der Waals surface area contributed by atoms with Crippen LogP contribution in [0, 0.1) is 0 Å². The Balaban J connectivity index is 2.60. The highest BCUT2D eigenvalue weighted by molar-refractivity contribution is 4.58. The van der Waals surface area contributed by atoms with Crippen molar-refractivity contribution in [3.63, 3.8) is 0 Å². The van der Waals surface area contributed by atoms with E-state index >= 15 is 0 Å². The van der Waals surface area contributed by atoms with Crippen molar-refractivity contribution in [3.8, 4) is 0 Å². The lowest BCUT2D eigenvalue weighted by molar-refractivity contribution is -0.998. The summed E-state index contributed by atoms with van der Waals surface area (Å²) in [6.45, 7) is 7.01. The minimum Gasteiger partial charge on any atom is -0.394 e. The number of nitrogens with zero attached hydrogens (tertiary/aromatic N) is 1. The Morgan fingerprint density at radius 1 is 0.941 bits per heavy atom. The van der Waals surface area contributed by atoms with Gasteiger partial charge in [0.15, 0.2) is 12.5 Å². The normalized spacial score (nSPS) is 22.6. The molecule has 0 amide bonds. The number of hydrogen-bond donors (Lipinski definition) is 2. The number of rotatable bonds is 8. The maximum Gasteiger partial charge on any atom is 0.192 e. The Morgan fingerprint density at radius 2 is 1.35 bits per heavy atom. The SMILES string of the molecule is CC(OCCO)[N+]1(C(C)OCCO)CCCC1. The van der Waals surface area contributed by atoms with Gasteiger partial charge in [-0.1, -0.05) is 0 Å². The molecule has 0 aromatic heterocycles. The van der Waals surface area contributed by atoms with Crippen LogP contribution in [0.2, 0.25) is 0 Å². The summed E-state index contributed by atoms with van der Waals surface area (Å²) in [6, 6.07) is 0. The van der Waals surface area contributed by atoms with Crippen LogP contribution in [0.4, 0.5) is 0 Å². The van der Waals surface area contributed by atoms with Crippen molar-refractivity contribution in [2.75, 3.05) is 39.5 Å². The summed E-state index contributed by atoms with van der Waals surface area (Å²) in [5, 5.41) is 17.7. The molecule has 2 atom stereocenters. The van der Waals surface area contributed by atoms with Crippen molar-refractivity contribution in [2.45, 2.75) is 39.1 Å². The third kappa shape index (κ3) is 3.63. The molecule has 0 aromatic carbocycles. The van der Waals surface area contributed by atoms with Crippen molar-refractivity contribution in [1.29, 1.82) is 0 Å². The summed E-state index contributed by atoms with van der Waals surface area (Å²) in [5.74, 6) is 0. The fourth-order valence-corrected chi connectivity index (χ4v) is 2.69. The van der Waals surface area contributed by atoms with Gasteiger partial charge in [0, 0.05) is 26.7 Å². The first-order valence-electron chi connectivity index (χ1n) is 6.48. The van der Waals surface area contributed by atoms with Gasteiger partial charge in [-0.3, -0.25) is 4.48 Å². The minimum atomic E-state index is 0.0262. The first-order chi connectivity index (χ1) is 8.17. The predicted molar refractivity (Wildman–Crippen MR) is 64.2 cm³/mol. The molecule has 5 nitrogen and oxygen atoms in total. The van der Waals surface area contributed by atoms with Crippen LogP contribution in [-0.2, 0) is 9.47 Å². The van der Waals surface area contributed by atoms with Gasteiger partial charge in [-0.15, -0.1) is 0 Å². The molecule has 2 unspecified atom stereocenters. The average Bonchev–Trinajstić information content (AvgIpc) is 2.83. The quantitative estimate of drug-likeness (QED) is 0.607. The predicted octanol–water partition coefficient (Wildman–Crippen LogP) is 0.307. The Morgan fingerprint density at radius 3 is 1.71 bits per heavy atom. The third-order valence-electron chi connectivity index (χ3n) is 3.75. The first kappa shape index (κ1) is 14.9. The highest BCUT2D eigenvalue weighted by Gasteiger charge is 2.43. The molecule has 17 heavy (non-hydrogen) atoms. The van der Waals surface area contributed by atoms with Crippen molar-refractivity contribution in [2.24, 2.45) is 0 Å². The summed E-state index contributed by atoms with van der Waals surface area (Å²) >= 11 is 0. The van der Waals surface area contributed by atoms with E-state index in [1.807, 2.05) is 13.8 Å². The molecule has 0 spiro atoms. The van der Waals surface area contributed by atoms with Gasteiger partial charge in [-0.05, 0) is 0 Å². The summed E-state index contributed by atoms with van der Waals surface area (Å²) in [5.41, 5.74) is 0. The third-order valence-corrected chi connectivity index (χ3v) is 3.75. The fourth-order valence-electron chi connectivity index (χ4n) is 2.69. The molecule has 1 aliphatic heterocycles. The first-order valence-corrected chi connectivity index (χ1v) is 6.48. The molecular formula is C12H26NO4+. The van der Waals surface area contributed by atoms with Gasteiger partial charge in [0.05, 0.1) is 39.5 Å². The van der Waals surface area contributed by atoms with Gasteiger partial charge in [-0.25, -0.2) is 0 Å². The minimum absolute atomic E-state index is 0.0262. The number of likely N-dealkylation sites (tertiary alicyclic amines) is 1. The standard InChI is InChI=1S/C12H26NO4/c1-11(16-9-7-14)13(5-3-4-6-13)12(2)17-10-8-15/h11-12,14-15H,3-10H2,1-2H3/q+1. The van der Waals surface area contributed by atoms with E-state index in [1.54, 1.807) is 0 Å². The molecule has 1 rings (SSSR count). The van der Waals surface area contributed by atoms with E-state index in [9.17, 15) is 0 Å². The van der Waals surface area contributed by atoms with Gasteiger partial charge >= 0.3 is 0 Å². The van der Waals surface area contributed by atoms with E-state index < -0.39 is 0 Å². The van der Waals surface area contributed by atoms with Crippen LogP contribution in [0.5, 0.6) is 0 Å². The van der Waals surface area contributed by atoms with E-state index in [2.05, 4.69) is 0 Å². The fraction of sp³-hybridized carbons (Fsp3) is 1.00. The van der Waals surface area contributed by atoms with Crippen molar-refractivity contribution in [3.05, 3.63) is 0 Å². The molecule has 0 aliphatic carbocycles. The zero-order chi connectivity index (χ0) is 12.7. The zero-order valence-electron chi connectivity index (χ0n) is 11.0. The Hall–Kier alpha value is -0.200. The number of aliphatic hydroxyl groups excluding tert-OH is 2. The van der Waals surface area contributed by atoms with Crippen LogP contribution >= 0.6 is 0 Å². The lowest BCUT2D eigenvalue weighted by atomic mass is 10.3. The highest BCUT2D eigenvalue weighted by atomic mass is 16.5. The zero-order valence-corrected chi connectivity index (χ0v) is 11.0. The van der Waals surface area contributed by atoms with Gasteiger partial charge < -0.3 is 19.7 Å². The maximum atomic E-state index is 8.83. The van der Waals surface area contributed by atoms with Crippen LogP contribution in [-0.4, -0.2) is 66.7 Å². The lowest BCUT2D eigenvalue weighted by Gasteiger charge is -2.43. The second-order valence-corrected chi connectivity index (χ2v) is 4.64. The van der Waals surface area contributed by atoms with Crippen LogP contribution in [0.3, 0.4) is 0 Å². The molecule has 0 aromatic rings. The molecule has 102 valence electrons. The smallest absolute Gasteiger partial charge is 0.192 e. The number of ether oxygens (including phenoxy) is 2. The largest absolute Gasteiger partial charge is 0.394 e. The van der Waals surface area contributed by atoms with Crippen molar-refractivity contribution >= 4 is 0 Å². The molecular weight excluding hydrogens is 222 g/mol. The van der Waals surface area contributed by atoms with E-state index in [1.165, 1.54) is 12.8 Å². The van der Waals surface area contributed by atoms with Crippen LogP contribution < -0.4 is 0 Å². The molecule has 2 N–H and O–H groups in total. The van der Waals surface area contributed by atoms with Crippen LogP contribution in [0.25, 0.3) is 0 Å². The highest BCUT2D eigenvalue weighted by Crippen LogP contribution is 2.28. The summed E-state index contributed by atoms with van der Waals surface area (Å²) in [7, 11) is 0. The monoisotopic (exact) mass is 248 g/mol. The number of quaternary nitrogens is 1. The molecule has 0 bridgehead atoms. The molecule has 0 saturated carbocycles. The van der Waals surface area contributed by atoms with E-state index in [-0.39, 0.29) is 25.7 Å². The van der Waals surface area contributed by atoms with Gasteiger partial charge in [-0.2, -0.15) is 0 Å². The Bertz CT molecular complexity index is 191. The molecule has 0 radical (unpaired) electrons. The molecule has 1 saturated heterocycles.